The average Bonchev–Trinajstić information content (AvgIpc) is 2.81. The van der Waals surface area contributed by atoms with E-state index in [1.165, 1.54) is 0 Å². The number of carbonyl (C=O) groups is 1. The van der Waals surface area contributed by atoms with Crippen LogP contribution >= 0.6 is 0 Å². The van der Waals surface area contributed by atoms with Crippen molar-refractivity contribution in [1.82, 2.24) is 15.5 Å². The summed E-state index contributed by atoms with van der Waals surface area (Å²) in [5.41, 5.74) is 1.93. The standard InChI is InChI=1S/C13H15N3O2/c1-10-11(8-15-16-10)7-14-13(17)9-18-12-5-3-2-4-6-12/h2-6,8H,7,9H2,1H3,(H,14,17)(H,15,16). The van der Waals surface area contributed by atoms with Gasteiger partial charge in [0.05, 0.1) is 6.20 Å². The highest BCUT2D eigenvalue weighted by molar-refractivity contribution is 5.77. The molecular formula is C13H15N3O2. The van der Waals surface area contributed by atoms with Crippen LogP contribution in [0.2, 0.25) is 0 Å². The molecular weight excluding hydrogens is 230 g/mol. The number of aromatic nitrogens is 2. The normalized spacial score (nSPS) is 10.1. The molecule has 18 heavy (non-hydrogen) atoms. The Kier molecular flexibility index (Phi) is 3.96. The summed E-state index contributed by atoms with van der Waals surface area (Å²) < 4.78 is 5.33. The Labute approximate surface area is 105 Å². The molecule has 2 aromatic rings. The molecule has 1 heterocycles. The largest absolute Gasteiger partial charge is 0.484 e. The second-order valence-corrected chi connectivity index (χ2v) is 3.90. The Morgan fingerprint density at radius 3 is 2.83 bits per heavy atom. The molecule has 0 saturated heterocycles. The number of nitrogens with zero attached hydrogens (tertiary/aromatic N) is 1. The summed E-state index contributed by atoms with van der Waals surface area (Å²) in [7, 11) is 0. The van der Waals surface area contributed by atoms with E-state index < -0.39 is 0 Å². The number of amides is 1. The molecule has 0 saturated carbocycles. The van der Waals surface area contributed by atoms with Gasteiger partial charge >= 0.3 is 0 Å². The van der Waals surface area contributed by atoms with E-state index in [0.29, 0.717) is 12.3 Å². The van der Waals surface area contributed by atoms with Crippen LogP contribution in [0.3, 0.4) is 0 Å². The minimum absolute atomic E-state index is 0.0148. The topological polar surface area (TPSA) is 67.0 Å². The first-order valence-corrected chi connectivity index (χ1v) is 5.69. The maximum absolute atomic E-state index is 11.6. The van der Waals surface area contributed by atoms with Gasteiger partial charge in [0.15, 0.2) is 6.61 Å². The monoisotopic (exact) mass is 245 g/mol. The fourth-order valence-corrected chi connectivity index (χ4v) is 1.46. The molecule has 5 nitrogen and oxygen atoms in total. The Morgan fingerprint density at radius 2 is 2.17 bits per heavy atom. The Bertz CT molecular complexity index is 508. The quantitative estimate of drug-likeness (QED) is 0.837. The number of rotatable bonds is 5. The first kappa shape index (κ1) is 12.2. The number of carbonyl (C=O) groups excluding carboxylic acids is 1. The van der Waals surface area contributed by atoms with Crippen molar-refractivity contribution in [2.75, 3.05) is 6.61 Å². The van der Waals surface area contributed by atoms with E-state index in [1.54, 1.807) is 6.20 Å². The molecule has 1 aromatic carbocycles. The molecule has 0 atom stereocenters. The third-order valence-electron chi connectivity index (χ3n) is 2.52. The summed E-state index contributed by atoms with van der Waals surface area (Å²) in [6, 6.07) is 9.25. The lowest BCUT2D eigenvalue weighted by molar-refractivity contribution is -0.123. The molecule has 5 heteroatoms. The van der Waals surface area contributed by atoms with Crippen LogP contribution in [0.15, 0.2) is 36.5 Å². The number of aryl methyl sites for hydroxylation is 1. The zero-order valence-electron chi connectivity index (χ0n) is 10.1. The summed E-state index contributed by atoms with van der Waals surface area (Å²) in [5.74, 6) is 0.534. The van der Waals surface area contributed by atoms with Crippen molar-refractivity contribution in [1.29, 1.82) is 0 Å². The molecule has 2 N–H and O–H groups in total. The van der Waals surface area contributed by atoms with Crippen LogP contribution in [-0.2, 0) is 11.3 Å². The number of nitrogens with one attached hydrogen (secondary N) is 2. The highest BCUT2D eigenvalue weighted by Crippen LogP contribution is 2.07. The van der Waals surface area contributed by atoms with E-state index >= 15 is 0 Å². The van der Waals surface area contributed by atoms with Gasteiger partial charge in [-0.05, 0) is 19.1 Å². The summed E-state index contributed by atoms with van der Waals surface area (Å²) in [5, 5.41) is 9.48. The maximum Gasteiger partial charge on any atom is 0.258 e. The van der Waals surface area contributed by atoms with Crippen LogP contribution in [0, 0.1) is 6.92 Å². The predicted molar refractivity (Wildman–Crippen MR) is 67.1 cm³/mol. The van der Waals surface area contributed by atoms with E-state index in [2.05, 4.69) is 15.5 Å². The third-order valence-corrected chi connectivity index (χ3v) is 2.52. The third kappa shape index (κ3) is 3.35. The zero-order chi connectivity index (χ0) is 12.8. The number of hydrogen-bond donors (Lipinski definition) is 2. The van der Waals surface area contributed by atoms with E-state index in [9.17, 15) is 4.79 Å². The van der Waals surface area contributed by atoms with Gasteiger partial charge < -0.3 is 10.1 Å². The number of para-hydroxylation sites is 1. The molecule has 0 spiro atoms. The Hall–Kier alpha value is -2.30. The lowest BCUT2D eigenvalue weighted by Gasteiger charge is -2.06. The van der Waals surface area contributed by atoms with Crippen LogP contribution in [0.5, 0.6) is 5.75 Å². The molecule has 0 bridgehead atoms. The van der Waals surface area contributed by atoms with E-state index in [0.717, 1.165) is 11.3 Å². The van der Waals surface area contributed by atoms with Crippen LogP contribution in [0.1, 0.15) is 11.3 Å². The number of H-pyrrole nitrogens is 1. The van der Waals surface area contributed by atoms with E-state index in [4.69, 9.17) is 4.74 Å². The SMILES string of the molecule is Cc1[nH]ncc1CNC(=O)COc1ccccc1. The van der Waals surface area contributed by atoms with Crippen molar-refractivity contribution in [2.45, 2.75) is 13.5 Å². The number of benzene rings is 1. The van der Waals surface area contributed by atoms with Crippen molar-refractivity contribution < 1.29 is 9.53 Å². The first-order chi connectivity index (χ1) is 8.75. The molecule has 2 rings (SSSR count). The highest BCUT2D eigenvalue weighted by atomic mass is 16.5. The van der Waals surface area contributed by atoms with Gasteiger partial charge in [0.2, 0.25) is 0 Å². The van der Waals surface area contributed by atoms with E-state index in [-0.39, 0.29) is 12.5 Å². The van der Waals surface area contributed by atoms with Crippen molar-refractivity contribution in [2.24, 2.45) is 0 Å². The first-order valence-electron chi connectivity index (χ1n) is 5.69. The lowest BCUT2D eigenvalue weighted by Crippen LogP contribution is -2.28. The van der Waals surface area contributed by atoms with Gasteiger partial charge in [-0.25, -0.2) is 0 Å². The molecule has 1 amide bonds. The summed E-state index contributed by atoms with van der Waals surface area (Å²) >= 11 is 0. The fourth-order valence-electron chi connectivity index (χ4n) is 1.46. The summed E-state index contributed by atoms with van der Waals surface area (Å²) in [4.78, 5) is 11.6. The number of ether oxygens (including phenoxy) is 1. The van der Waals surface area contributed by atoms with Gasteiger partial charge in [-0.1, -0.05) is 18.2 Å². The molecule has 0 aliphatic heterocycles. The summed E-state index contributed by atoms with van der Waals surface area (Å²) in [6.07, 6.45) is 1.70. The Morgan fingerprint density at radius 1 is 1.39 bits per heavy atom. The van der Waals surface area contributed by atoms with Crippen molar-refractivity contribution >= 4 is 5.91 Å². The van der Waals surface area contributed by atoms with E-state index in [1.807, 2.05) is 37.3 Å². The second kappa shape index (κ2) is 5.86. The van der Waals surface area contributed by atoms with Crippen LogP contribution in [-0.4, -0.2) is 22.7 Å². The lowest BCUT2D eigenvalue weighted by atomic mass is 10.2. The molecule has 0 unspecified atom stereocenters. The van der Waals surface area contributed by atoms with Crippen molar-refractivity contribution in [3.05, 3.63) is 47.8 Å². The van der Waals surface area contributed by atoms with Gasteiger partial charge in [0.1, 0.15) is 5.75 Å². The minimum Gasteiger partial charge on any atom is -0.484 e. The Balaban J connectivity index is 1.75. The average molecular weight is 245 g/mol. The predicted octanol–water partition coefficient (Wildman–Crippen LogP) is 1.41. The smallest absolute Gasteiger partial charge is 0.258 e. The van der Waals surface area contributed by atoms with Crippen molar-refractivity contribution in [3.63, 3.8) is 0 Å². The molecule has 0 fully saturated rings. The minimum atomic E-state index is -0.153. The second-order valence-electron chi connectivity index (χ2n) is 3.90. The number of aromatic amines is 1. The molecule has 0 aliphatic carbocycles. The van der Waals surface area contributed by atoms with Gasteiger partial charge in [0, 0.05) is 17.8 Å². The molecule has 0 aliphatic rings. The van der Waals surface area contributed by atoms with Gasteiger partial charge in [-0.3, -0.25) is 9.89 Å². The fraction of sp³-hybridized carbons (Fsp3) is 0.231. The molecule has 94 valence electrons. The molecule has 1 aromatic heterocycles. The van der Waals surface area contributed by atoms with Crippen LogP contribution in [0.25, 0.3) is 0 Å². The summed E-state index contributed by atoms with van der Waals surface area (Å²) in [6.45, 7) is 2.38. The zero-order valence-corrected chi connectivity index (χ0v) is 10.1. The highest BCUT2D eigenvalue weighted by Gasteiger charge is 2.05. The van der Waals surface area contributed by atoms with Crippen LogP contribution < -0.4 is 10.1 Å². The van der Waals surface area contributed by atoms with Gasteiger partial charge in [0.25, 0.3) is 5.91 Å². The maximum atomic E-state index is 11.6. The van der Waals surface area contributed by atoms with Gasteiger partial charge in [-0.2, -0.15) is 5.10 Å². The van der Waals surface area contributed by atoms with Crippen molar-refractivity contribution in [3.8, 4) is 5.75 Å². The van der Waals surface area contributed by atoms with Crippen LogP contribution in [0.4, 0.5) is 0 Å². The van der Waals surface area contributed by atoms with Gasteiger partial charge in [-0.15, -0.1) is 0 Å². The molecule has 0 radical (unpaired) electrons. The number of hydrogen-bond acceptors (Lipinski definition) is 3.